The maximum atomic E-state index is 12.0. The SMILES string of the molecule is COc1ccc(NC(=O)[C@H](C#N)C(=O)CCNC(C)=O)cc1Cl. The molecule has 0 saturated heterocycles. The van der Waals surface area contributed by atoms with Crippen molar-refractivity contribution in [2.45, 2.75) is 13.3 Å². The summed E-state index contributed by atoms with van der Waals surface area (Å²) in [7, 11) is 1.46. The molecule has 0 fully saturated rings. The van der Waals surface area contributed by atoms with Gasteiger partial charge in [-0.1, -0.05) is 11.6 Å². The van der Waals surface area contributed by atoms with Crippen LogP contribution in [0.2, 0.25) is 5.02 Å². The van der Waals surface area contributed by atoms with Gasteiger partial charge in [0.25, 0.3) is 0 Å². The minimum atomic E-state index is -1.45. The minimum Gasteiger partial charge on any atom is -0.495 e. The van der Waals surface area contributed by atoms with Crippen LogP contribution in [0.5, 0.6) is 5.75 Å². The Hall–Kier alpha value is -2.59. The van der Waals surface area contributed by atoms with Crippen molar-refractivity contribution < 1.29 is 19.1 Å². The molecule has 0 unspecified atom stereocenters. The zero-order chi connectivity index (χ0) is 17.4. The molecule has 2 amide bonds. The molecule has 7 nitrogen and oxygen atoms in total. The molecule has 8 heteroatoms. The van der Waals surface area contributed by atoms with E-state index < -0.39 is 17.6 Å². The average molecular weight is 338 g/mol. The zero-order valence-corrected chi connectivity index (χ0v) is 13.4. The number of ether oxygens (including phenoxy) is 1. The number of methoxy groups -OCH3 is 1. The van der Waals surface area contributed by atoms with Crippen LogP contribution in [0.15, 0.2) is 18.2 Å². The van der Waals surface area contributed by atoms with Gasteiger partial charge >= 0.3 is 0 Å². The number of nitrogens with one attached hydrogen (secondary N) is 2. The normalized spacial score (nSPS) is 11.0. The third-order valence-electron chi connectivity index (χ3n) is 2.88. The predicted molar refractivity (Wildman–Crippen MR) is 84.0 cm³/mol. The first-order chi connectivity index (χ1) is 10.9. The van der Waals surface area contributed by atoms with Crippen LogP contribution in [0.3, 0.4) is 0 Å². The second kappa shape index (κ2) is 8.76. The van der Waals surface area contributed by atoms with Gasteiger partial charge in [-0.05, 0) is 18.2 Å². The quantitative estimate of drug-likeness (QED) is 0.733. The highest BCUT2D eigenvalue weighted by Crippen LogP contribution is 2.27. The van der Waals surface area contributed by atoms with Gasteiger partial charge in [-0.25, -0.2) is 0 Å². The second-order valence-corrected chi connectivity index (χ2v) is 5.01. The minimum absolute atomic E-state index is 0.0774. The first kappa shape index (κ1) is 18.5. The Kier molecular flexibility index (Phi) is 7.03. The van der Waals surface area contributed by atoms with Crippen molar-refractivity contribution in [1.82, 2.24) is 5.32 Å². The van der Waals surface area contributed by atoms with E-state index >= 15 is 0 Å². The summed E-state index contributed by atoms with van der Waals surface area (Å²) in [5, 5.41) is 14.2. The molecular weight excluding hydrogens is 322 g/mol. The van der Waals surface area contributed by atoms with Gasteiger partial charge in [0.15, 0.2) is 11.7 Å². The van der Waals surface area contributed by atoms with Crippen LogP contribution in [0.1, 0.15) is 13.3 Å². The smallest absolute Gasteiger partial charge is 0.249 e. The number of carbonyl (C=O) groups is 3. The van der Waals surface area contributed by atoms with Crippen LogP contribution in [-0.2, 0) is 14.4 Å². The van der Waals surface area contributed by atoms with E-state index in [9.17, 15) is 14.4 Å². The summed E-state index contributed by atoms with van der Waals surface area (Å²) in [6, 6.07) is 6.21. The number of halogens is 1. The molecule has 0 saturated carbocycles. The molecule has 0 spiro atoms. The highest BCUT2D eigenvalue weighted by molar-refractivity contribution is 6.32. The van der Waals surface area contributed by atoms with Gasteiger partial charge in [-0.3, -0.25) is 14.4 Å². The number of ketones is 1. The molecule has 0 radical (unpaired) electrons. The van der Waals surface area contributed by atoms with E-state index in [1.807, 2.05) is 0 Å². The summed E-state index contributed by atoms with van der Waals surface area (Å²) >= 11 is 5.94. The van der Waals surface area contributed by atoms with Gasteiger partial charge < -0.3 is 15.4 Å². The number of Topliss-reactive ketones (excluding diaryl/α,β-unsaturated/α-hetero) is 1. The lowest BCUT2D eigenvalue weighted by molar-refractivity contribution is -0.128. The lowest BCUT2D eigenvalue weighted by atomic mass is 10.0. The summed E-state index contributed by atoms with van der Waals surface area (Å²) in [6.07, 6.45) is -0.103. The topological polar surface area (TPSA) is 108 Å². The molecule has 0 aromatic heterocycles. The number of nitrogens with zero attached hydrogens (tertiary/aromatic N) is 1. The van der Waals surface area contributed by atoms with Gasteiger partial charge in [0, 0.05) is 25.6 Å². The van der Waals surface area contributed by atoms with Crippen molar-refractivity contribution in [1.29, 1.82) is 5.26 Å². The van der Waals surface area contributed by atoms with E-state index in [1.165, 1.54) is 20.1 Å². The van der Waals surface area contributed by atoms with E-state index in [-0.39, 0.29) is 23.9 Å². The molecule has 0 bridgehead atoms. The number of nitriles is 1. The van der Waals surface area contributed by atoms with Crippen molar-refractivity contribution >= 4 is 34.9 Å². The Bertz CT molecular complexity index is 655. The fourth-order valence-corrected chi connectivity index (χ4v) is 2.00. The van der Waals surface area contributed by atoms with Crippen LogP contribution in [0, 0.1) is 17.2 Å². The Labute approximate surface area is 138 Å². The summed E-state index contributed by atoms with van der Waals surface area (Å²) in [5.74, 6) is -2.62. The van der Waals surface area contributed by atoms with Crippen molar-refractivity contribution in [2.75, 3.05) is 19.0 Å². The van der Waals surface area contributed by atoms with Gasteiger partial charge in [-0.2, -0.15) is 5.26 Å². The fourth-order valence-electron chi connectivity index (χ4n) is 1.74. The molecule has 122 valence electrons. The van der Waals surface area contributed by atoms with Gasteiger partial charge in [0.05, 0.1) is 18.2 Å². The van der Waals surface area contributed by atoms with Gasteiger partial charge in [-0.15, -0.1) is 0 Å². The standard InChI is InChI=1S/C15H16ClN3O4/c1-9(20)18-6-5-13(21)11(8-17)15(22)19-10-3-4-14(23-2)12(16)7-10/h3-4,7,11H,5-6H2,1-2H3,(H,18,20)(H,19,22)/t11-/m1/s1. The van der Waals surface area contributed by atoms with E-state index in [4.69, 9.17) is 21.6 Å². The molecular formula is C15H16ClN3O4. The summed E-state index contributed by atoms with van der Waals surface area (Å²) in [4.78, 5) is 34.6. The Balaban J connectivity index is 2.70. The highest BCUT2D eigenvalue weighted by atomic mass is 35.5. The number of anilines is 1. The number of rotatable bonds is 7. The number of benzene rings is 1. The molecule has 0 aliphatic carbocycles. The van der Waals surface area contributed by atoms with Crippen molar-refractivity contribution in [3.05, 3.63) is 23.2 Å². The first-order valence-corrected chi connectivity index (χ1v) is 7.08. The summed E-state index contributed by atoms with van der Waals surface area (Å²) < 4.78 is 4.99. The summed E-state index contributed by atoms with van der Waals surface area (Å²) in [5.41, 5.74) is 0.343. The molecule has 0 aliphatic heterocycles. The number of carbonyl (C=O) groups excluding carboxylic acids is 3. The van der Waals surface area contributed by atoms with Crippen LogP contribution < -0.4 is 15.4 Å². The largest absolute Gasteiger partial charge is 0.495 e. The molecule has 2 N–H and O–H groups in total. The maximum Gasteiger partial charge on any atom is 0.249 e. The third kappa shape index (κ3) is 5.60. The molecule has 23 heavy (non-hydrogen) atoms. The first-order valence-electron chi connectivity index (χ1n) is 6.70. The lowest BCUT2D eigenvalue weighted by Crippen LogP contribution is -2.31. The molecule has 1 aromatic carbocycles. The summed E-state index contributed by atoms with van der Waals surface area (Å²) in [6.45, 7) is 1.39. The maximum absolute atomic E-state index is 12.0. The van der Waals surface area contributed by atoms with Crippen LogP contribution >= 0.6 is 11.6 Å². The van der Waals surface area contributed by atoms with E-state index in [0.717, 1.165) is 0 Å². The molecule has 0 aliphatic rings. The van der Waals surface area contributed by atoms with E-state index in [2.05, 4.69) is 10.6 Å². The van der Waals surface area contributed by atoms with Crippen LogP contribution in [0.4, 0.5) is 5.69 Å². The van der Waals surface area contributed by atoms with E-state index in [1.54, 1.807) is 18.2 Å². The van der Waals surface area contributed by atoms with Crippen molar-refractivity contribution in [2.24, 2.45) is 5.92 Å². The Morgan fingerprint density at radius 2 is 2.09 bits per heavy atom. The van der Waals surface area contributed by atoms with Crippen molar-refractivity contribution in [3.8, 4) is 11.8 Å². The Morgan fingerprint density at radius 1 is 1.39 bits per heavy atom. The Morgan fingerprint density at radius 3 is 2.61 bits per heavy atom. The van der Waals surface area contributed by atoms with E-state index in [0.29, 0.717) is 11.4 Å². The monoisotopic (exact) mass is 337 g/mol. The molecule has 0 heterocycles. The zero-order valence-electron chi connectivity index (χ0n) is 12.7. The van der Waals surface area contributed by atoms with Crippen LogP contribution in [-0.4, -0.2) is 31.3 Å². The average Bonchev–Trinajstić information content (AvgIpc) is 2.47. The molecule has 1 aromatic rings. The lowest BCUT2D eigenvalue weighted by Gasteiger charge is -2.11. The predicted octanol–water partition coefficient (Wildman–Crippen LogP) is 1.52. The fraction of sp³-hybridized carbons (Fsp3) is 0.333. The molecule has 1 rings (SSSR count). The molecule has 1 atom stereocenters. The van der Waals surface area contributed by atoms with Crippen LogP contribution in [0.25, 0.3) is 0 Å². The number of hydrogen-bond acceptors (Lipinski definition) is 5. The second-order valence-electron chi connectivity index (χ2n) is 4.60. The van der Waals surface area contributed by atoms with Crippen molar-refractivity contribution in [3.63, 3.8) is 0 Å². The van der Waals surface area contributed by atoms with Gasteiger partial charge in [0.1, 0.15) is 5.75 Å². The highest BCUT2D eigenvalue weighted by Gasteiger charge is 2.26. The van der Waals surface area contributed by atoms with Gasteiger partial charge in [0.2, 0.25) is 11.8 Å². The third-order valence-corrected chi connectivity index (χ3v) is 3.17. The number of amides is 2. The number of hydrogen-bond donors (Lipinski definition) is 2.